The van der Waals surface area contributed by atoms with Crippen molar-refractivity contribution in [3.8, 4) is 11.6 Å². The molecule has 1 aromatic carbocycles. The molecule has 0 saturated heterocycles. The zero-order chi connectivity index (χ0) is 14.9. The van der Waals surface area contributed by atoms with Crippen molar-refractivity contribution in [2.24, 2.45) is 0 Å². The van der Waals surface area contributed by atoms with E-state index < -0.39 is 5.97 Å². The van der Waals surface area contributed by atoms with Crippen LogP contribution >= 0.6 is 23.2 Å². The first-order valence-corrected chi connectivity index (χ1v) is 6.49. The molecule has 2 rings (SSSR count). The monoisotopic (exact) mass is 311 g/mol. The molecular weight excluding hydrogens is 301 g/mol. The molecule has 1 N–H and O–H groups in total. The highest BCUT2D eigenvalue weighted by Crippen LogP contribution is 2.31. The maximum absolute atomic E-state index is 11.4. The molecule has 0 aliphatic carbocycles. The Morgan fingerprint density at radius 2 is 1.80 bits per heavy atom. The normalized spacial score (nSPS) is 10.4. The molecule has 0 aliphatic heterocycles. The predicted octanol–water partition coefficient (Wildman–Crippen LogP) is 4.50. The number of halogens is 2. The van der Waals surface area contributed by atoms with E-state index in [0.29, 0.717) is 27.1 Å². The third kappa shape index (κ3) is 2.86. The number of pyridine rings is 1. The maximum Gasteiger partial charge on any atom is 0.341 e. The second kappa shape index (κ2) is 5.69. The minimum absolute atomic E-state index is 0.0132. The molecule has 0 spiro atoms. The number of aryl methyl sites for hydroxylation is 1. The number of carboxylic acids is 1. The van der Waals surface area contributed by atoms with Gasteiger partial charge in [-0.1, -0.05) is 23.2 Å². The van der Waals surface area contributed by atoms with Gasteiger partial charge in [-0.3, -0.25) is 0 Å². The third-order valence-electron chi connectivity index (χ3n) is 2.75. The average Bonchev–Trinajstić information content (AvgIpc) is 2.38. The number of aromatic nitrogens is 1. The lowest BCUT2D eigenvalue weighted by atomic mass is 10.1. The van der Waals surface area contributed by atoms with Crippen LogP contribution in [0.4, 0.5) is 0 Å². The molecule has 6 heteroatoms. The molecule has 0 amide bonds. The first kappa shape index (κ1) is 14.6. The number of carboxylic acid groups (broad SMARTS) is 1. The first-order chi connectivity index (χ1) is 9.40. The van der Waals surface area contributed by atoms with Crippen LogP contribution in [0, 0.1) is 13.8 Å². The standard InChI is InChI=1S/C14H11Cl2NO3/c1-7-11(14(18)19)13(17-8(2)12(7)16)20-10-5-3-9(15)4-6-10/h3-6H,1-2H3,(H,18,19). The maximum atomic E-state index is 11.4. The van der Waals surface area contributed by atoms with Crippen LogP contribution in [0.1, 0.15) is 21.6 Å². The zero-order valence-corrected chi connectivity index (χ0v) is 12.3. The van der Waals surface area contributed by atoms with Gasteiger partial charge in [0.15, 0.2) is 0 Å². The van der Waals surface area contributed by atoms with E-state index in [0.717, 1.165) is 0 Å². The molecule has 1 aromatic heterocycles. The number of nitrogens with zero attached hydrogens (tertiary/aromatic N) is 1. The van der Waals surface area contributed by atoms with Crippen molar-refractivity contribution in [3.05, 3.63) is 51.1 Å². The zero-order valence-electron chi connectivity index (χ0n) is 10.8. The Morgan fingerprint density at radius 1 is 1.20 bits per heavy atom. The van der Waals surface area contributed by atoms with Crippen molar-refractivity contribution in [1.29, 1.82) is 0 Å². The SMILES string of the molecule is Cc1nc(Oc2ccc(Cl)cc2)c(C(=O)O)c(C)c1Cl. The van der Waals surface area contributed by atoms with Crippen molar-refractivity contribution >= 4 is 29.2 Å². The molecule has 0 fully saturated rings. The molecule has 104 valence electrons. The van der Waals surface area contributed by atoms with Crippen LogP contribution in [0.5, 0.6) is 11.6 Å². The largest absolute Gasteiger partial charge is 0.477 e. The van der Waals surface area contributed by atoms with Crippen molar-refractivity contribution in [2.45, 2.75) is 13.8 Å². The molecule has 0 radical (unpaired) electrons. The number of hydrogen-bond donors (Lipinski definition) is 1. The smallest absolute Gasteiger partial charge is 0.341 e. The van der Waals surface area contributed by atoms with E-state index in [9.17, 15) is 9.90 Å². The van der Waals surface area contributed by atoms with Crippen LogP contribution in [-0.2, 0) is 0 Å². The molecule has 0 aliphatic rings. The molecule has 2 aromatic rings. The molecular formula is C14H11Cl2NO3. The Labute approximate surface area is 125 Å². The Kier molecular flexibility index (Phi) is 4.16. The fourth-order valence-corrected chi connectivity index (χ4v) is 2.00. The Bertz CT molecular complexity index is 669. The van der Waals surface area contributed by atoms with E-state index in [2.05, 4.69) is 4.98 Å². The minimum atomic E-state index is -1.14. The Balaban J connectivity index is 2.50. The predicted molar refractivity (Wildman–Crippen MR) is 77.2 cm³/mol. The molecule has 0 atom stereocenters. The fourth-order valence-electron chi connectivity index (χ4n) is 1.74. The van der Waals surface area contributed by atoms with E-state index in [1.165, 1.54) is 0 Å². The Hall–Kier alpha value is -1.78. The lowest BCUT2D eigenvalue weighted by Gasteiger charge is -2.12. The highest BCUT2D eigenvalue weighted by Gasteiger charge is 2.21. The van der Waals surface area contributed by atoms with E-state index in [-0.39, 0.29) is 11.4 Å². The number of hydrogen-bond acceptors (Lipinski definition) is 3. The summed E-state index contributed by atoms with van der Waals surface area (Å²) in [4.78, 5) is 15.5. The summed E-state index contributed by atoms with van der Waals surface area (Å²) in [7, 11) is 0. The molecule has 0 bridgehead atoms. The lowest BCUT2D eigenvalue weighted by Crippen LogP contribution is -2.07. The number of ether oxygens (including phenoxy) is 1. The second-order valence-corrected chi connectivity index (χ2v) is 4.99. The molecule has 0 saturated carbocycles. The van der Waals surface area contributed by atoms with Gasteiger partial charge in [0, 0.05) is 5.02 Å². The van der Waals surface area contributed by atoms with E-state index in [4.69, 9.17) is 27.9 Å². The summed E-state index contributed by atoms with van der Waals surface area (Å²) in [5.41, 5.74) is 0.893. The summed E-state index contributed by atoms with van der Waals surface area (Å²) in [6.45, 7) is 3.31. The van der Waals surface area contributed by atoms with Gasteiger partial charge in [-0.05, 0) is 43.7 Å². The third-order valence-corrected chi connectivity index (χ3v) is 3.56. The molecule has 4 nitrogen and oxygen atoms in total. The number of carbonyl (C=O) groups is 1. The van der Waals surface area contributed by atoms with Gasteiger partial charge >= 0.3 is 5.97 Å². The summed E-state index contributed by atoms with van der Waals surface area (Å²) in [5.74, 6) is -0.675. The highest BCUT2D eigenvalue weighted by molar-refractivity contribution is 6.32. The quantitative estimate of drug-likeness (QED) is 0.906. The number of aromatic carboxylic acids is 1. The topological polar surface area (TPSA) is 59.4 Å². The van der Waals surface area contributed by atoms with Crippen molar-refractivity contribution < 1.29 is 14.6 Å². The first-order valence-electron chi connectivity index (χ1n) is 5.73. The highest BCUT2D eigenvalue weighted by atomic mass is 35.5. The number of rotatable bonds is 3. The van der Waals surface area contributed by atoms with Crippen molar-refractivity contribution in [2.75, 3.05) is 0 Å². The van der Waals surface area contributed by atoms with Gasteiger partial charge < -0.3 is 9.84 Å². The van der Waals surface area contributed by atoms with Gasteiger partial charge in [-0.25, -0.2) is 9.78 Å². The van der Waals surface area contributed by atoms with Crippen LogP contribution < -0.4 is 4.74 Å². The van der Waals surface area contributed by atoms with E-state index in [1.807, 2.05) is 0 Å². The van der Waals surface area contributed by atoms with E-state index >= 15 is 0 Å². The average molecular weight is 312 g/mol. The van der Waals surface area contributed by atoms with Gasteiger partial charge in [0.25, 0.3) is 0 Å². The molecule has 1 heterocycles. The van der Waals surface area contributed by atoms with Crippen LogP contribution in [0.2, 0.25) is 10.0 Å². The summed E-state index contributed by atoms with van der Waals surface area (Å²) in [5, 5.41) is 10.2. The fraction of sp³-hybridized carbons (Fsp3) is 0.143. The van der Waals surface area contributed by atoms with Crippen LogP contribution in [0.3, 0.4) is 0 Å². The summed E-state index contributed by atoms with van der Waals surface area (Å²) < 4.78 is 5.53. The van der Waals surface area contributed by atoms with Gasteiger partial charge in [0.05, 0.1) is 10.7 Å². The summed E-state index contributed by atoms with van der Waals surface area (Å²) in [6.07, 6.45) is 0. The van der Waals surface area contributed by atoms with Crippen LogP contribution in [0.25, 0.3) is 0 Å². The molecule has 0 unspecified atom stereocenters. The second-order valence-electron chi connectivity index (χ2n) is 4.18. The van der Waals surface area contributed by atoms with Gasteiger partial charge in [0.2, 0.25) is 5.88 Å². The Morgan fingerprint density at radius 3 is 2.35 bits per heavy atom. The van der Waals surface area contributed by atoms with Gasteiger partial charge in [-0.15, -0.1) is 0 Å². The van der Waals surface area contributed by atoms with Gasteiger partial charge in [-0.2, -0.15) is 0 Å². The van der Waals surface area contributed by atoms with Crippen LogP contribution in [-0.4, -0.2) is 16.1 Å². The molecule has 20 heavy (non-hydrogen) atoms. The van der Waals surface area contributed by atoms with Crippen LogP contribution in [0.15, 0.2) is 24.3 Å². The van der Waals surface area contributed by atoms with Crippen molar-refractivity contribution in [3.63, 3.8) is 0 Å². The summed E-state index contributed by atoms with van der Waals surface area (Å²) in [6, 6.07) is 6.56. The lowest BCUT2D eigenvalue weighted by molar-refractivity contribution is 0.0692. The van der Waals surface area contributed by atoms with E-state index in [1.54, 1.807) is 38.1 Å². The number of benzene rings is 1. The van der Waals surface area contributed by atoms with Gasteiger partial charge in [0.1, 0.15) is 11.3 Å². The minimum Gasteiger partial charge on any atom is -0.477 e. The summed E-state index contributed by atoms with van der Waals surface area (Å²) >= 11 is 11.8. The van der Waals surface area contributed by atoms with Crippen molar-refractivity contribution in [1.82, 2.24) is 4.98 Å².